The van der Waals surface area contributed by atoms with E-state index in [0.29, 0.717) is 37.9 Å². The van der Waals surface area contributed by atoms with Gasteiger partial charge in [-0.15, -0.1) is 0 Å². The number of sulfonamides is 1. The zero-order valence-corrected chi connectivity index (χ0v) is 12.4. The summed E-state index contributed by atoms with van der Waals surface area (Å²) < 4.78 is 32.6. The van der Waals surface area contributed by atoms with Crippen LogP contribution < -0.4 is 10.0 Å². The topological polar surface area (TPSA) is 80.3 Å². The van der Waals surface area contributed by atoms with Crippen LogP contribution in [0, 0.1) is 5.92 Å². The van der Waals surface area contributed by atoms with Gasteiger partial charge in [0.05, 0.1) is 5.69 Å². The van der Waals surface area contributed by atoms with Gasteiger partial charge in [0.2, 0.25) is 0 Å². The molecule has 0 aliphatic carbocycles. The first kappa shape index (κ1) is 15.2. The standard InChI is InChI=1S/C13H21N3O3S/c1-2-14-12-4-3-7-15-13(12)20(17,18)16-10-11-5-8-19-9-6-11/h3-4,7,11,14,16H,2,5-6,8-10H2,1H3. The molecular formula is C13H21N3O3S. The van der Waals surface area contributed by atoms with E-state index in [2.05, 4.69) is 15.0 Å². The van der Waals surface area contributed by atoms with E-state index in [1.165, 1.54) is 6.20 Å². The van der Waals surface area contributed by atoms with Gasteiger partial charge in [-0.1, -0.05) is 0 Å². The van der Waals surface area contributed by atoms with Crippen LogP contribution in [0.5, 0.6) is 0 Å². The van der Waals surface area contributed by atoms with Crippen LogP contribution in [0.4, 0.5) is 5.69 Å². The van der Waals surface area contributed by atoms with Crippen molar-refractivity contribution in [2.24, 2.45) is 5.92 Å². The summed E-state index contributed by atoms with van der Waals surface area (Å²) in [5.74, 6) is 0.338. The van der Waals surface area contributed by atoms with Gasteiger partial charge >= 0.3 is 0 Å². The Morgan fingerprint density at radius 2 is 2.15 bits per heavy atom. The second-order valence-corrected chi connectivity index (χ2v) is 6.48. The van der Waals surface area contributed by atoms with Crippen LogP contribution in [0.25, 0.3) is 0 Å². The molecule has 0 amide bonds. The highest BCUT2D eigenvalue weighted by molar-refractivity contribution is 7.89. The minimum absolute atomic E-state index is 0.0638. The van der Waals surface area contributed by atoms with E-state index >= 15 is 0 Å². The normalized spacial score (nSPS) is 17.1. The maximum atomic E-state index is 12.3. The molecule has 20 heavy (non-hydrogen) atoms. The fourth-order valence-electron chi connectivity index (χ4n) is 2.18. The van der Waals surface area contributed by atoms with E-state index in [-0.39, 0.29) is 5.03 Å². The average molecular weight is 299 g/mol. The first-order valence-corrected chi connectivity index (χ1v) is 8.38. The molecule has 1 aromatic rings. The number of nitrogens with zero attached hydrogens (tertiary/aromatic N) is 1. The first-order valence-electron chi connectivity index (χ1n) is 6.90. The molecule has 0 saturated carbocycles. The lowest BCUT2D eigenvalue weighted by molar-refractivity contribution is 0.0678. The van der Waals surface area contributed by atoms with Crippen LogP contribution in [0.1, 0.15) is 19.8 Å². The van der Waals surface area contributed by atoms with Gasteiger partial charge in [-0.25, -0.2) is 18.1 Å². The highest BCUT2D eigenvalue weighted by Crippen LogP contribution is 2.19. The summed E-state index contributed by atoms with van der Waals surface area (Å²) in [7, 11) is -3.58. The molecule has 0 atom stereocenters. The third-order valence-electron chi connectivity index (χ3n) is 3.30. The summed E-state index contributed by atoms with van der Waals surface area (Å²) in [6.45, 7) is 4.41. The van der Waals surface area contributed by atoms with Crippen LogP contribution >= 0.6 is 0 Å². The molecule has 1 saturated heterocycles. The number of nitrogens with one attached hydrogen (secondary N) is 2. The van der Waals surface area contributed by atoms with E-state index < -0.39 is 10.0 Å². The van der Waals surface area contributed by atoms with Gasteiger partial charge in [-0.3, -0.25) is 0 Å². The molecule has 2 N–H and O–H groups in total. The smallest absolute Gasteiger partial charge is 0.260 e. The molecule has 6 nitrogen and oxygen atoms in total. The van der Waals surface area contributed by atoms with Gasteiger partial charge in [0, 0.05) is 32.5 Å². The maximum absolute atomic E-state index is 12.3. The molecular weight excluding hydrogens is 278 g/mol. The van der Waals surface area contributed by atoms with Crippen LogP contribution in [0.15, 0.2) is 23.4 Å². The SMILES string of the molecule is CCNc1cccnc1S(=O)(=O)NCC1CCOCC1. The first-order chi connectivity index (χ1) is 9.63. The summed E-state index contributed by atoms with van der Waals surface area (Å²) >= 11 is 0. The van der Waals surface area contributed by atoms with Crippen molar-refractivity contribution >= 4 is 15.7 Å². The minimum Gasteiger partial charge on any atom is -0.383 e. The van der Waals surface area contributed by atoms with Gasteiger partial charge in [-0.05, 0) is 37.8 Å². The number of pyridine rings is 1. The number of aromatic nitrogens is 1. The Kier molecular flexibility index (Phi) is 5.33. The van der Waals surface area contributed by atoms with Gasteiger partial charge in [0.25, 0.3) is 10.0 Å². The molecule has 1 aromatic heterocycles. The summed E-state index contributed by atoms with van der Waals surface area (Å²) in [6, 6.07) is 3.44. The van der Waals surface area contributed by atoms with E-state index in [1.54, 1.807) is 12.1 Å². The highest BCUT2D eigenvalue weighted by Gasteiger charge is 2.22. The Morgan fingerprint density at radius 1 is 1.40 bits per heavy atom. The summed E-state index contributed by atoms with van der Waals surface area (Å²) in [4.78, 5) is 4.00. The van der Waals surface area contributed by atoms with Crippen molar-refractivity contribution in [2.75, 3.05) is 31.6 Å². The average Bonchev–Trinajstić information content (AvgIpc) is 2.47. The molecule has 0 bridgehead atoms. The van der Waals surface area contributed by atoms with Crippen molar-refractivity contribution in [2.45, 2.75) is 24.8 Å². The van der Waals surface area contributed by atoms with Gasteiger partial charge in [-0.2, -0.15) is 0 Å². The van der Waals surface area contributed by atoms with Gasteiger partial charge in [0.15, 0.2) is 5.03 Å². The predicted octanol–water partition coefficient (Wildman–Crippen LogP) is 1.22. The van der Waals surface area contributed by atoms with Crippen LogP contribution in [0.3, 0.4) is 0 Å². The minimum atomic E-state index is -3.58. The van der Waals surface area contributed by atoms with Crippen LogP contribution in [0.2, 0.25) is 0 Å². The maximum Gasteiger partial charge on any atom is 0.260 e. The van der Waals surface area contributed by atoms with Crippen LogP contribution in [-0.4, -0.2) is 39.7 Å². The molecule has 2 rings (SSSR count). The third kappa shape index (κ3) is 3.91. The lowest BCUT2D eigenvalue weighted by atomic mass is 10.0. The zero-order chi connectivity index (χ0) is 14.4. The molecule has 112 valence electrons. The van der Waals surface area contributed by atoms with Crippen LogP contribution in [-0.2, 0) is 14.8 Å². The fourth-order valence-corrected chi connectivity index (χ4v) is 3.40. The summed E-state index contributed by atoms with van der Waals surface area (Å²) in [5.41, 5.74) is 0.537. The number of rotatable bonds is 6. The highest BCUT2D eigenvalue weighted by atomic mass is 32.2. The molecule has 7 heteroatoms. The quantitative estimate of drug-likeness (QED) is 0.825. The molecule has 0 unspecified atom stereocenters. The molecule has 1 aliphatic rings. The van der Waals surface area contributed by atoms with E-state index in [9.17, 15) is 8.42 Å². The third-order valence-corrected chi connectivity index (χ3v) is 4.68. The fraction of sp³-hybridized carbons (Fsp3) is 0.615. The zero-order valence-electron chi connectivity index (χ0n) is 11.6. The Bertz CT molecular complexity index is 527. The molecule has 2 heterocycles. The predicted molar refractivity (Wildman–Crippen MR) is 77.1 cm³/mol. The monoisotopic (exact) mass is 299 g/mol. The van der Waals surface area contributed by atoms with E-state index in [1.807, 2.05) is 6.92 Å². The van der Waals surface area contributed by atoms with Crippen molar-refractivity contribution in [3.8, 4) is 0 Å². The van der Waals surface area contributed by atoms with Gasteiger partial charge in [0.1, 0.15) is 0 Å². The van der Waals surface area contributed by atoms with Gasteiger partial charge < -0.3 is 10.1 Å². The molecule has 1 aliphatic heterocycles. The van der Waals surface area contributed by atoms with Crippen molar-refractivity contribution in [3.05, 3.63) is 18.3 Å². The second-order valence-electron chi connectivity index (χ2n) is 4.79. The lowest BCUT2D eigenvalue weighted by Gasteiger charge is -2.22. The number of hydrogen-bond acceptors (Lipinski definition) is 5. The number of anilines is 1. The Labute approximate surface area is 120 Å². The number of hydrogen-bond donors (Lipinski definition) is 2. The molecule has 0 aromatic carbocycles. The van der Waals surface area contributed by atoms with E-state index in [4.69, 9.17) is 4.74 Å². The van der Waals surface area contributed by atoms with Crippen molar-refractivity contribution in [3.63, 3.8) is 0 Å². The Morgan fingerprint density at radius 3 is 2.85 bits per heavy atom. The lowest BCUT2D eigenvalue weighted by Crippen LogP contribution is -2.33. The molecule has 1 fully saturated rings. The summed E-state index contributed by atoms with van der Waals surface area (Å²) in [6.07, 6.45) is 3.28. The van der Waals surface area contributed by atoms with Crippen molar-refractivity contribution < 1.29 is 13.2 Å². The summed E-state index contributed by atoms with van der Waals surface area (Å²) in [5, 5.41) is 3.08. The number of ether oxygens (including phenoxy) is 1. The van der Waals surface area contributed by atoms with Crippen molar-refractivity contribution in [1.29, 1.82) is 0 Å². The molecule has 0 radical (unpaired) electrons. The van der Waals surface area contributed by atoms with Crippen molar-refractivity contribution in [1.82, 2.24) is 9.71 Å². The Hall–Kier alpha value is -1.18. The second kappa shape index (κ2) is 7.01. The van der Waals surface area contributed by atoms with E-state index in [0.717, 1.165) is 12.8 Å². The Balaban J connectivity index is 2.05. The molecule has 0 spiro atoms. The largest absolute Gasteiger partial charge is 0.383 e.